The van der Waals surface area contributed by atoms with E-state index in [0.29, 0.717) is 12.0 Å². The van der Waals surface area contributed by atoms with Crippen LogP contribution >= 0.6 is 15.9 Å². The molecule has 2 nitrogen and oxygen atoms in total. The molecule has 170 valence electrons. The molecular formula is C32H23BrO2. The molecule has 3 heteroatoms. The average Bonchev–Trinajstić information content (AvgIpc) is 3.24. The van der Waals surface area contributed by atoms with E-state index in [1.165, 1.54) is 0 Å². The van der Waals surface area contributed by atoms with Gasteiger partial charge in [-0.3, -0.25) is 9.59 Å². The molecule has 0 spiro atoms. The summed E-state index contributed by atoms with van der Waals surface area (Å²) in [6, 6.07) is 35.1. The first-order valence-electron chi connectivity index (χ1n) is 11.6. The van der Waals surface area contributed by atoms with Crippen molar-refractivity contribution >= 4 is 38.6 Å². The highest BCUT2D eigenvalue weighted by Gasteiger charge is 2.27. The van der Waals surface area contributed by atoms with Crippen molar-refractivity contribution in [3.8, 4) is 0 Å². The molecular weight excluding hydrogens is 496 g/mol. The molecule has 0 fully saturated rings. The van der Waals surface area contributed by atoms with Crippen molar-refractivity contribution in [2.45, 2.75) is 12.8 Å². The molecule has 0 N–H and O–H groups in total. The lowest BCUT2D eigenvalue weighted by molar-refractivity contribution is 0.0997. The van der Waals surface area contributed by atoms with Crippen molar-refractivity contribution in [2.75, 3.05) is 0 Å². The standard InChI is InChI=1S/C32H23BrO2/c33-27-17-15-22(16-18-27)26(21-31(34)24-11-5-2-6-12-24)20-29(23-9-3-1-4-10-23)30-19-25-13-7-8-14-28(25)32(30)35/h1-18,20H,19,21H2. The zero-order chi connectivity index (χ0) is 24.2. The zero-order valence-electron chi connectivity index (χ0n) is 19.1. The molecule has 0 unspecified atom stereocenters. The van der Waals surface area contributed by atoms with Crippen LogP contribution in [0, 0.1) is 0 Å². The summed E-state index contributed by atoms with van der Waals surface area (Å²) < 4.78 is 0.970. The third-order valence-electron chi connectivity index (χ3n) is 6.29. The number of carbonyl (C=O) groups is 2. The Kier molecular flexibility index (Phi) is 6.69. The number of carbonyl (C=O) groups excluding carboxylic acids is 2. The summed E-state index contributed by atoms with van der Waals surface area (Å²) >= 11 is 3.51. The minimum Gasteiger partial charge on any atom is -0.294 e. The number of allylic oxidation sites excluding steroid dienone is 4. The summed E-state index contributed by atoms with van der Waals surface area (Å²) in [6.45, 7) is 0. The highest BCUT2D eigenvalue weighted by atomic mass is 79.9. The van der Waals surface area contributed by atoms with Crippen LogP contribution in [0.4, 0.5) is 0 Å². The smallest absolute Gasteiger partial charge is 0.190 e. The number of Topliss-reactive ketones (excluding diaryl/α,β-unsaturated/α-hetero) is 2. The van der Waals surface area contributed by atoms with Gasteiger partial charge in [0.1, 0.15) is 0 Å². The van der Waals surface area contributed by atoms with E-state index >= 15 is 0 Å². The summed E-state index contributed by atoms with van der Waals surface area (Å²) in [7, 11) is 0. The fourth-order valence-electron chi connectivity index (χ4n) is 4.48. The largest absolute Gasteiger partial charge is 0.294 e. The quantitative estimate of drug-likeness (QED) is 0.191. The van der Waals surface area contributed by atoms with Crippen LogP contribution in [0.5, 0.6) is 0 Å². The minimum atomic E-state index is 0.0400. The van der Waals surface area contributed by atoms with E-state index in [1.807, 2.05) is 115 Å². The van der Waals surface area contributed by atoms with Gasteiger partial charge in [0.05, 0.1) is 0 Å². The van der Waals surface area contributed by atoms with Gasteiger partial charge in [-0.2, -0.15) is 0 Å². The van der Waals surface area contributed by atoms with E-state index in [2.05, 4.69) is 15.9 Å². The highest BCUT2D eigenvalue weighted by Crippen LogP contribution is 2.35. The molecule has 4 aromatic carbocycles. The van der Waals surface area contributed by atoms with Crippen molar-refractivity contribution in [1.29, 1.82) is 0 Å². The molecule has 0 heterocycles. The van der Waals surface area contributed by atoms with Crippen LogP contribution in [-0.2, 0) is 6.42 Å². The highest BCUT2D eigenvalue weighted by molar-refractivity contribution is 9.10. The van der Waals surface area contributed by atoms with E-state index in [0.717, 1.165) is 43.4 Å². The lowest BCUT2D eigenvalue weighted by atomic mass is 9.90. The van der Waals surface area contributed by atoms with Crippen LogP contribution in [-0.4, -0.2) is 11.6 Å². The predicted molar refractivity (Wildman–Crippen MR) is 145 cm³/mol. The summed E-state index contributed by atoms with van der Waals surface area (Å²) in [5.74, 6) is 0.0958. The second-order valence-electron chi connectivity index (χ2n) is 8.56. The summed E-state index contributed by atoms with van der Waals surface area (Å²) in [5, 5.41) is 0. The van der Waals surface area contributed by atoms with Crippen LogP contribution in [0.15, 0.2) is 125 Å². The third-order valence-corrected chi connectivity index (χ3v) is 6.82. The SMILES string of the molecule is O=C(CC(=CC(=C1Cc2ccccc2C1=O)c1ccccc1)c1ccc(Br)cc1)c1ccccc1. The number of halogens is 1. The van der Waals surface area contributed by atoms with Crippen LogP contribution in [0.1, 0.15) is 43.8 Å². The van der Waals surface area contributed by atoms with E-state index in [4.69, 9.17) is 0 Å². The number of hydrogen-bond donors (Lipinski definition) is 0. The second-order valence-corrected chi connectivity index (χ2v) is 9.48. The van der Waals surface area contributed by atoms with Crippen molar-refractivity contribution < 1.29 is 9.59 Å². The van der Waals surface area contributed by atoms with Crippen LogP contribution < -0.4 is 0 Å². The Morgan fingerprint density at radius 3 is 1.97 bits per heavy atom. The van der Waals surface area contributed by atoms with Crippen LogP contribution in [0.3, 0.4) is 0 Å². The first kappa shape index (κ1) is 22.9. The Hall–Kier alpha value is -3.82. The lowest BCUT2D eigenvalue weighted by Gasteiger charge is -2.13. The third kappa shape index (κ3) is 5.01. The second kappa shape index (κ2) is 10.2. The molecule has 1 aliphatic carbocycles. The molecule has 0 saturated heterocycles. The van der Waals surface area contributed by atoms with E-state index < -0.39 is 0 Å². The number of ketones is 2. The molecule has 35 heavy (non-hydrogen) atoms. The van der Waals surface area contributed by atoms with Gasteiger partial charge in [-0.1, -0.05) is 113 Å². The van der Waals surface area contributed by atoms with Gasteiger partial charge in [0.15, 0.2) is 11.6 Å². The molecule has 4 aromatic rings. The maximum atomic E-state index is 13.5. The lowest BCUT2D eigenvalue weighted by Crippen LogP contribution is -2.03. The number of fused-ring (bicyclic) bond motifs is 1. The maximum Gasteiger partial charge on any atom is 0.190 e. The van der Waals surface area contributed by atoms with Gasteiger partial charge in [-0.15, -0.1) is 0 Å². The van der Waals surface area contributed by atoms with Crippen molar-refractivity contribution in [2.24, 2.45) is 0 Å². The Bertz CT molecular complexity index is 1450. The van der Waals surface area contributed by atoms with Gasteiger partial charge in [0, 0.05) is 34.0 Å². The van der Waals surface area contributed by atoms with E-state index in [-0.39, 0.29) is 18.0 Å². The molecule has 0 aromatic heterocycles. The molecule has 0 atom stereocenters. The van der Waals surface area contributed by atoms with Gasteiger partial charge in [0.25, 0.3) is 0 Å². The van der Waals surface area contributed by atoms with Crippen LogP contribution in [0.25, 0.3) is 11.1 Å². The molecule has 5 rings (SSSR count). The van der Waals surface area contributed by atoms with Crippen LogP contribution in [0.2, 0.25) is 0 Å². The monoisotopic (exact) mass is 518 g/mol. The number of benzene rings is 4. The van der Waals surface area contributed by atoms with E-state index in [1.54, 1.807) is 0 Å². The molecule has 0 aliphatic heterocycles. The fourth-order valence-corrected chi connectivity index (χ4v) is 4.75. The predicted octanol–water partition coefficient (Wildman–Crippen LogP) is 8.00. The summed E-state index contributed by atoms with van der Waals surface area (Å²) in [6.07, 6.45) is 2.85. The normalized spacial score (nSPS) is 14.5. The molecule has 0 saturated carbocycles. The van der Waals surface area contributed by atoms with Gasteiger partial charge in [-0.25, -0.2) is 0 Å². The Morgan fingerprint density at radius 1 is 0.714 bits per heavy atom. The molecule has 0 amide bonds. The summed E-state index contributed by atoms with van der Waals surface area (Å²) in [5.41, 5.74) is 6.90. The van der Waals surface area contributed by atoms with Crippen molar-refractivity contribution in [3.63, 3.8) is 0 Å². The van der Waals surface area contributed by atoms with Gasteiger partial charge in [-0.05, 0) is 46.0 Å². The maximum absolute atomic E-state index is 13.5. The van der Waals surface area contributed by atoms with Gasteiger partial charge in [0.2, 0.25) is 0 Å². The van der Waals surface area contributed by atoms with Gasteiger partial charge < -0.3 is 0 Å². The first-order valence-corrected chi connectivity index (χ1v) is 12.4. The summed E-state index contributed by atoms with van der Waals surface area (Å²) in [4.78, 5) is 26.7. The topological polar surface area (TPSA) is 34.1 Å². The number of rotatable bonds is 6. The van der Waals surface area contributed by atoms with Crippen molar-refractivity contribution in [3.05, 3.63) is 153 Å². The molecule has 1 aliphatic rings. The van der Waals surface area contributed by atoms with Crippen molar-refractivity contribution in [1.82, 2.24) is 0 Å². The zero-order valence-corrected chi connectivity index (χ0v) is 20.7. The molecule has 0 bridgehead atoms. The Labute approximate surface area is 213 Å². The van der Waals surface area contributed by atoms with E-state index in [9.17, 15) is 9.59 Å². The average molecular weight is 519 g/mol. The fraction of sp³-hybridized carbons (Fsp3) is 0.0625. The minimum absolute atomic E-state index is 0.0400. The Balaban J connectivity index is 1.66. The first-order chi connectivity index (χ1) is 17.1. The Morgan fingerprint density at radius 2 is 1.31 bits per heavy atom. The van der Waals surface area contributed by atoms with Gasteiger partial charge >= 0.3 is 0 Å². The number of hydrogen-bond acceptors (Lipinski definition) is 2. The molecule has 0 radical (unpaired) electrons.